The van der Waals surface area contributed by atoms with Crippen molar-refractivity contribution >= 4 is 0 Å². The molecule has 0 saturated carbocycles. The summed E-state index contributed by atoms with van der Waals surface area (Å²) in [4.78, 5) is 0. The second-order valence-corrected chi connectivity index (χ2v) is 4.31. The number of nitrogens with zero attached hydrogens (tertiary/aromatic N) is 1. The van der Waals surface area contributed by atoms with Crippen molar-refractivity contribution in [2.75, 3.05) is 32.8 Å². The quantitative estimate of drug-likeness (QED) is 0.532. The summed E-state index contributed by atoms with van der Waals surface area (Å²) in [5.41, 5.74) is 0. The molecule has 0 saturated heterocycles. The molecule has 1 N–H and O–H groups in total. The molecular weight excluding hydrogens is 210 g/mol. The summed E-state index contributed by atoms with van der Waals surface area (Å²) in [6.45, 7) is 12.1. The van der Waals surface area contributed by atoms with Crippen molar-refractivity contribution in [1.29, 1.82) is 0 Å². The van der Waals surface area contributed by atoms with Gasteiger partial charge in [-0.3, -0.25) is 0 Å². The zero-order chi connectivity index (χ0) is 10.9. The fraction of sp³-hybridized carbons (Fsp3) is 1.00. The molecule has 0 radical (unpaired) electrons. The fourth-order valence-electron chi connectivity index (χ4n) is 2.50. The monoisotopic (exact) mass is 237 g/mol. The molecule has 0 aromatic heterocycles. The van der Waals surface area contributed by atoms with Crippen LogP contribution >= 0.6 is 0 Å². The third-order valence-corrected chi connectivity index (χ3v) is 2.88. The summed E-state index contributed by atoms with van der Waals surface area (Å²) in [6, 6.07) is 0. The molecular formula is C12H28ClNO. The lowest BCUT2D eigenvalue weighted by atomic mass is 10.2. The first kappa shape index (κ1) is 17.6. The van der Waals surface area contributed by atoms with Gasteiger partial charge in [0.1, 0.15) is 0 Å². The summed E-state index contributed by atoms with van der Waals surface area (Å²) in [7, 11) is 0. The predicted octanol–water partition coefficient (Wildman–Crippen LogP) is -0.580. The van der Waals surface area contributed by atoms with Crippen molar-refractivity contribution in [3.63, 3.8) is 0 Å². The molecule has 3 heteroatoms. The molecule has 0 aliphatic carbocycles. The van der Waals surface area contributed by atoms with Gasteiger partial charge in [0, 0.05) is 13.0 Å². The summed E-state index contributed by atoms with van der Waals surface area (Å²) in [5.74, 6) is 0. The van der Waals surface area contributed by atoms with Crippen LogP contribution in [0.3, 0.4) is 0 Å². The molecule has 0 heterocycles. The number of aliphatic hydroxyl groups is 1. The minimum atomic E-state index is 0. The lowest BCUT2D eigenvalue weighted by molar-refractivity contribution is -0.928. The van der Waals surface area contributed by atoms with E-state index in [4.69, 9.17) is 5.11 Å². The van der Waals surface area contributed by atoms with Gasteiger partial charge in [-0.15, -0.1) is 0 Å². The van der Waals surface area contributed by atoms with Crippen molar-refractivity contribution in [3.05, 3.63) is 0 Å². The van der Waals surface area contributed by atoms with Crippen LogP contribution in [0.25, 0.3) is 0 Å². The first-order valence-electron chi connectivity index (χ1n) is 6.20. The molecule has 2 nitrogen and oxygen atoms in total. The Labute approximate surface area is 102 Å². The lowest BCUT2D eigenvalue weighted by Gasteiger charge is -2.38. The van der Waals surface area contributed by atoms with E-state index >= 15 is 0 Å². The highest BCUT2D eigenvalue weighted by molar-refractivity contribution is 4.45. The molecule has 0 unspecified atom stereocenters. The Hall–Kier alpha value is 0.210. The van der Waals surface area contributed by atoms with Gasteiger partial charge in [0.15, 0.2) is 0 Å². The van der Waals surface area contributed by atoms with E-state index in [0.717, 1.165) is 13.0 Å². The van der Waals surface area contributed by atoms with Crippen LogP contribution in [0.5, 0.6) is 0 Å². The van der Waals surface area contributed by atoms with E-state index in [-0.39, 0.29) is 12.4 Å². The van der Waals surface area contributed by atoms with Gasteiger partial charge in [0.05, 0.1) is 26.2 Å². The van der Waals surface area contributed by atoms with Crippen LogP contribution in [-0.2, 0) is 0 Å². The molecule has 0 aliphatic rings. The third kappa shape index (κ3) is 7.15. The van der Waals surface area contributed by atoms with Gasteiger partial charge in [-0.25, -0.2) is 0 Å². The Morgan fingerprint density at radius 1 is 0.800 bits per heavy atom. The van der Waals surface area contributed by atoms with E-state index in [1.807, 2.05) is 0 Å². The van der Waals surface area contributed by atoms with E-state index in [0.29, 0.717) is 6.61 Å². The van der Waals surface area contributed by atoms with Gasteiger partial charge in [-0.2, -0.15) is 0 Å². The largest absolute Gasteiger partial charge is 1.00 e. The van der Waals surface area contributed by atoms with Crippen LogP contribution in [0.15, 0.2) is 0 Å². The molecule has 0 fully saturated rings. The van der Waals surface area contributed by atoms with Crippen LogP contribution < -0.4 is 12.4 Å². The second kappa shape index (κ2) is 10.7. The number of hydrogen-bond donors (Lipinski definition) is 1. The minimum absolute atomic E-state index is 0. The molecule has 0 aromatic carbocycles. The Morgan fingerprint density at radius 3 is 1.47 bits per heavy atom. The average molecular weight is 238 g/mol. The maximum atomic E-state index is 8.92. The van der Waals surface area contributed by atoms with Gasteiger partial charge >= 0.3 is 0 Å². The van der Waals surface area contributed by atoms with Gasteiger partial charge in [0.2, 0.25) is 0 Å². The summed E-state index contributed by atoms with van der Waals surface area (Å²) >= 11 is 0. The van der Waals surface area contributed by atoms with Crippen LogP contribution in [-0.4, -0.2) is 42.4 Å². The van der Waals surface area contributed by atoms with Crippen LogP contribution in [0, 0.1) is 0 Å². The standard InChI is InChI=1S/C12H28NO.ClH/c1-4-8-13(9-5-2,10-6-3)11-7-12-14;/h14H,4-12H2,1-3H3;1H/q+1;/p-1. The molecule has 0 aliphatic heterocycles. The maximum absolute atomic E-state index is 8.92. The molecule has 0 rings (SSSR count). The summed E-state index contributed by atoms with van der Waals surface area (Å²) in [5, 5.41) is 8.92. The number of hydrogen-bond acceptors (Lipinski definition) is 1. The SMILES string of the molecule is CCC[N+](CCC)(CCC)CCCO.[Cl-]. The average Bonchev–Trinajstić information content (AvgIpc) is 2.16. The first-order valence-corrected chi connectivity index (χ1v) is 6.20. The third-order valence-electron chi connectivity index (χ3n) is 2.88. The first-order chi connectivity index (χ1) is 6.74. The molecule has 94 valence electrons. The highest BCUT2D eigenvalue weighted by atomic mass is 35.5. The van der Waals surface area contributed by atoms with E-state index in [9.17, 15) is 0 Å². The van der Waals surface area contributed by atoms with E-state index in [2.05, 4.69) is 20.8 Å². The number of quaternary nitrogens is 1. The zero-order valence-electron chi connectivity index (χ0n) is 10.6. The van der Waals surface area contributed by atoms with Crippen LogP contribution in [0.2, 0.25) is 0 Å². The Morgan fingerprint density at radius 2 is 1.20 bits per heavy atom. The zero-order valence-corrected chi connectivity index (χ0v) is 11.4. The van der Waals surface area contributed by atoms with Crippen molar-refractivity contribution in [3.8, 4) is 0 Å². The van der Waals surface area contributed by atoms with Gasteiger partial charge in [-0.05, 0) is 19.3 Å². The van der Waals surface area contributed by atoms with Gasteiger partial charge in [0.25, 0.3) is 0 Å². The normalized spacial score (nSPS) is 11.2. The van der Waals surface area contributed by atoms with Crippen molar-refractivity contribution in [2.45, 2.75) is 46.5 Å². The Balaban J connectivity index is 0. The summed E-state index contributed by atoms with van der Waals surface area (Å²) in [6.07, 6.45) is 4.72. The highest BCUT2D eigenvalue weighted by Gasteiger charge is 2.23. The smallest absolute Gasteiger partial charge is 0.0808 e. The molecule has 0 atom stereocenters. The number of rotatable bonds is 9. The van der Waals surface area contributed by atoms with Crippen LogP contribution in [0.1, 0.15) is 46.5 Å². The lowest BCUT2D eigenvalue weighted by Crippen LogP contribution is -3.00. The Kier molecular flexibility index (Phi) is 12.6. The Bertz CT molecular complexity index is 114. The molecule has 0 bridgehead atoms. The molecule has 0 spiro atoms. The minimum Gasteiger partial charge on any atom is -1.00 e. The second-order valence-electron chi connectivity index (χ2n) is 4.31. The van der Waals surface area contributed by atoms with Crippen LogP contribution in [0.4, 0.5) is 0 Å². The van der Waals surface area contributed by atoms with E-state index in [1.165, 1.54) is 43.4 Å². The van der Waals surface area contributed by atoms with Gasteiger partial charge < -0.3 is 22.0 Å². The maximum Gasteiger partial charge on any atom is 0.0808 e. The van der Waals surface area contributed by atoms with Crippen molar-refractivity contribution in [2.24, 2.45) is 0 Å². The molecule has 15 heavy (non-hydrogen) atoms. The number of halogens is 1. The number of aliphatic hydroxyl groups excluding tert-OH is 1. The fourth-order valence-corrected chi connectivity index (χ4v) is 2.50. The van der Waals surface area contributed by atoms with E-state index in [1.54, 1.807) is 0 Å². The molecule has 0 amide bonds. The van der Waals surface area contributed by atoms with Crippen molar-refractivity contribution in [1.82, 2.24) is 0 Å². The van der Waals surface area contributed by atoms with E-state index < -0.39 is 0 Å². The van der Waals surface area contributed by atoms with Gasteiger partial charge in [-0.1, -0.05) is 20.8 Å². The highest BCUT2D eigenvalue weighted by Crippen LogP contribution is 2.12. The summed E-state index contributed by atoms with van der Waals surface area (Å²) < 4.78 is 1.23. The molecule has 0 aromatic rings. The van der Waals surface area contributed by atoms with Crippen molar-refractivity contribution < 1.29 is 22.0 Å². The predicted molar refractivity (Wildman–Crippen MR) is 62.3 cm³/mol. The topological polar surface area (TPSA) is 20.2 Å².